The Morgan fingerprint density at radius 2 is 1.90 bits per heavy atom. The zero-order chi connectivity index (χ0) is 8.15. The minimum absolute atomic E-state index is 0.00407. The normalized spacial score (nSPS) is 13.6. The number of alkyl halides is 3. The van der Waals surface area contributed by atoms with Crippen molar-refractivity contribution in [3.63, 3.8) is 0 Å². The molecule has 0 aromatic carbocycles. The van der Waals surface area contributed by atoms with Gasteiger partial charge in [-0.25, -0.2) is 0 Å². The number of carboxylic acid groups (broad SMARTS) is 1. The summed E-state index contributed by atoms with van der Waals surface area (Å²) in [5.74, 6) is -0.889. The van der Waals surface area contributed by atoms with Crippen LogP contribution in [0.5, 0.6) is 0 Å². The van der Waals surface area contributed by atoms with Crippen LogP contribution in [0.25, 0.3) is 0 Å². The highest BCUT2D eigenvalue weighted by molar-refractivity contribution is 6.48. The van der Waals surface area contributed by atoms with E-state index in [1.54, 1.807) is 0 Å². The number of halogens is 3. The Bertz CT molecular complexity index is 115. The van der Waals surface area contributed by atoms with Crippen molar-refractivity contribution in [2.24, 2.45) is 0 Å². The largest absolute Gasteiger partial charge is 0.481 e. The van der Waals surface area contributed by atoms with Gasteiger partial charge in [0.15, 0.2) is 0 Å². The molecular formula is C5H7Cl3O2. The molecule has 0 saturated heterocycles. The molecule has 0 rings (SSSR count). The molecule has 0 saturated carbocycles. The quantitative estimate of drug-likeness (QED) is 0.715. The molecule has 0 aliphatic carbocycles. The van der Waals surface area contributed by atoms with Gasteiger partial charge in [-0.3, -0.25) is 4.79 Å². The summed E-state index contributed by atoms with van der Waals surface area (Å²) in [6.45, 7) is 0. The van der Waals surface area contributed by atoms with Gasteiger partial charge >= 0.3 is 5.97 Å². The summed E-state index contributed by atoms with van der Waals surface area (Å²) >= 11 is 16.2. The molecule has 60 valence electrons. The summed E-state index contributed by atoms with van der Waals surface area (Å²) in [6.07, 6.45) is 0.304. The smallest absolute Gasteiger partial charge is 0.303 e. The highest BCUT2D eigenvalue weighted by Gasteiger charge is 2.14. The molecule has 10 heavy (non-hydrogen) atoms. The average molecular weight is 205 g/mol. The molecule has 1 unspecified atom stereocenters. The molecule has 0 aromatic heterocycles. The van der Waals surface area contributed by atoms with Crippen LogP contribution in [0.15, 0.2) is 0 Å². The fraction of sp³-hybridized carbons (Fsp3) is 0.800. The van der Waals surface area contributed by atoms with E-state index < -0.39 is 16.2 Å². The van der Waals surface area contributed by atoms with Crippen molar-refractivity contribution in [2.75, 3.05) is 0 Å². The lowest BCUT2D eigenvalue weighted by Gasteiger charge is -2.06. The topological polar surface area (TPSA) is 37.3 Å². The Balaban J connectivity index is 3.39. The second kappa shape index (κ2) is 5.05. The summed E-state index contributed by atoms with van der Waals surface area (Å²) in [5.41, 5.74) is 0. The monoisotopic (exact) mass is 204 g/mol. The van der Waals surface area contributed by atoms with Gasteiger partial charge < -0.3 is 5.11 Å². The lowest BCUT2D eigenvalue weighted by atomic mass is 10.2. The zero-order valence-corrected chi connectivity index (χ0v) is 7.33. The van der Waals surface area contributed by atoms with Crippen LogP contribution in [-0.2, 0) is 4.79 Å². The van der Waals surface area contributed by atoms with Gasteiger partial charge in [0, 0.05) is 6.42 Å². The van der Waals surface area contributed by atoms with Crippen LogP contribution < -0.4 is 0 Å². The summed E-state index contributed by atoms with van der Waals surface area (Å²) < 4.78 is 0. The number of aliphatic carboxylic acids is 1. The second-order valence-corrected chi connectivity index (χ2v) is 3.51. The molecular weight excluding hydrogens is 198 g/mol. The van der Waals surface area contributed by atoms with Gasteiger partial charge in [-0.15, -0.1) is 34.8 Å². The van der Waals surface area contributed by atoms with Gasteiger partial charge in [0.1, 0.15) is 4.84 Å². The first-order chi connectivity index (χ1) is 4.54. The second-order valence-electron chi connectivity index (χ2n) is 1.78. The fourth-order valence-corrected chi connectivity index (χ4v) is 0.748. The van der Waals surface area contributed by atoms with Gasteiger partial charge in [-0.1, -0.05) is 0 Å². The van der Waals surface area contributed by atoms with Gasteiger partial charge in [0.05, 0.1) is 5.38 Å². The molecule has 0 aliphatic rings. The van der Waals surface area contributed by atoms with Crippen molar-refractivity contribution in [1.82, 2.24) is 0 Å². The molecule has 0 bridgehead atoms. The zero-order valence-electron chi connectivity index (χ0n) is 5.06. The first-order valence-electron chi connectivity index (χ1n) is 2.68. The van der Waals surface area contributed by atoms with Crippen molar-refractivity contribution in [2.45, 2.75) is 23.1 Å². The maximum absolute atomic E-state index is 9.98. The van der Waals surface area contributed by atoms with Crippen molar-refractivity contribution in [1.29, 1.82) is 0 Å². The van der Waals surface area contributed by atoms with Crippen LogP contribution in [0, 0.1) is 0 Å². The summed E-state index contributed by atoms with van der Waals surface area (Å²) in [6, 6.07) is 0. The molecule has 1 N–H and O–H groups in total. The Morgan fingerprint density at radius 3 is 2.20 bits per heavy atom. The van der Waals surface area contributed by atoms with Gasteiger partial charge in [0.25, 0.3) is 0 Å². The molecule has 0 fully saturated rings. The summed E-state index contributed by atoms with van der Waals surface area (Å²) in [5, 5.41) is 7.73. The van der Waals surface area contributed by atoms with Crippen LogP contribution in [0.1, 0.15) is 12.8 Å². The lowest BCUT2D eigenvalue weighted by molar-refractivity contribution is -0.137. The average Bonchev–Trinajstić information content (AvgIpc) is 1.82. The van der Waals surface area contributed by atoms with Gasteiger partial charge in [0.2, 0.25) is 0 Å². The SMILES string of the molecule is O=C(O)CCC(Cl)C(Cl)Cl. The number of carbonyl (C=O) groups is 1. The Morgan fingerprint density at radius 1 is 1.40 bits per heavy atom. The standard InChI is InChI=1S/C5H7Cl3O2/c6-3(5(7)8)1-2-4(9)10/h3,5H,1-2H2,(H,9,10). The van der Waals surface area contributed by atoms with Crippen LogP contribution in [-0.4, -0.2) is 21.3 Å². The first-order valence-corrected chi connectivity index (χ1v) is 3.99. The van der Waals surface area contributed by atoms with E-state index in [2.05, 4.69) is 0 Å². The molecule has 0 aromatic rings. The van der Waals surface area contributed by atoms with E-state index in [0.29, 0.717) is 6.42 Å². The van der Waals surface area contributed by atoms with Crippen LogP contribution in [0.2, 0.25) is 0 Å². The fourth-order valence-electron chi connectivity index (χ4n) is 0.387. The minimum atomic E-state index is -0.889. The third-order valence-electron chi connectivity index (χ3n) is 0.907. The third-order valence-corrected chi connectivity index (χ3v) is 2.24. The van der Waals surface area contributed by atoms with Crippen molar-refractivity contribution >= 4 is 40.8 Å². The van der Waals surface area contributed by atoms with E-state index in [1.165, 1.54) is 0 Å². The molecule has 1 atom stereocenters. The molecule has 0 radical (unpaired) electrons. The molecule has 0 aliphatic heterocycles. The van der Waals surface area contributed by atoms with Crippen molar-refractivity contribution in [3.05, 3.63) is 0 Å². The Kier molecular flexibility index (Phi) is 5.22. The maximum atomic E-state index is 9.98. The number of rotatable bonds is 4. The van der Waals surface area contributed by atoms with Crippen LogP contribution in [0.4, 0.5) is 0 Å². The van der Waals surface area contributed by atoms with Gasteiger partial charge in [-0.05, 0) is 6.42 Å². The van der Waals surface area contributed by atoms with E-state index >= 15 is 0 Å². The predicted octanol–water partition coefficient (Wildman–Crippen LogP) is 2.26. The third kappa shape index (κ3) is 5.15. The van der Waals surface area contributed by atoms with E-state index in [4.69, 9.17) is 39.9 Å². The van der Waals surface area contributed by atoms with Crippen LogP contribution >= 0.6 is 34.8 Å². The van der Waals surface area contributed by atoms with E-state index in [9.17, 15) is 4.79 Å². The number of hydrogen-bond acceptors (Lipinski definition) is 1. The molecule has 2 nitrogen and oxygen atoms in total. The van der Waals surface area contributed by atoms with Crippen molar-refractivity contribution in [3.8, 4) is 0 Å². The van der Waals surface area contributed by atoms with E-state index in [-0.39, 0.29) is 6.42 Å². The summed E-state index contributed by atoms with van der Waals surface area (Å²) in [4.78, 5) is 9.29. The highest BCUT2D eigenvalue weighted by atomic mass is 35.5. The number of carboxylic acids is 1. The lowest BCUT2D eigenvalue weighted by Crippen LogP contribution is -2.10. The molecule has 5 heteroatoms. The maximum Gasteiger partial charge on any atom is 0.303 e. The van der Waals surface area contributed by atoms with E-state index in [0.717, 1.165) is 0 Å². The minimum Gasteiger partial charge on any atom is -0.481 e. The molecule has 0 heterocycles. The highest BCUT2D eigenvalue weighted by Crippen LogP contribution is 2.18. The Labute approximate surface area is 74.1 Å². The summed E-state index contributed by atoms with van der Waals surface area (Å²) in [7, 11) is 0. The van der Waals surface area contributed by atoms with Crippen molar-refractivity contribution < 1.29 is 9.90 Å². The first kappa shape index (κ1) is 10.3. The Hall–Kier alpha value is 0.340. The molecule has 0 spiro atoms. The van der Waals surface area contributed by atoms with E-state index in [1.807, 2.05) is 0 Å². The van der Waals surface area contributed by atoms with Crippen LogP contribution in [0.3, 0.4) is 0 Å². The predicted molar refractivity (Wildman–Crippen MR) is 42.0 cm³/mol. The number of hydrogen-bond donors (Lipinski definition) is 1. The van der Waals surface area contributed by atoms with Gasteiger partial charge in [-0.2, -0.15) is 0 Å². The molecule has 0 amide bonds.